The number of hydrogen-bond donors (Lipinski definition) is 3. The van der Waals surface area contributed by atoms with Crippen molar-refractivity contribution < 1.29 is 4.79 Å². The molecule has 2 aromatic heterocycles. The summed E-state index contributed by atoms with van der Waals surface area (Å²) in [6, 6.07) is 7.89. The third-order valence-electron chi connectivity index (χ3n) is 7.56. The van der Waals surface area contributed by atoms with Crippen molar-refractivity contribution in [1.29, 1.82) is 0 Å². The van der Waals surface area contributed by atoms with Crippen molar-refractivity contribution in [3.8, 4) is 11.8 Å². The summed E-state index contributed by atoms with van der Waals surface area (Å²) in [5.74, 6) is 6.43. The van der Waals surface area contributed by atoms with Crippen LogP contribution in [0.15, 0.2) is 40.4 Å². The van der Waals surface area contributed by atoms with Crippen molar-refractivity contribution >= 4 is 40.9 Å². The van der Waals surface area contributed by atoms with Gasteiger partial charge in [0.05, 0.1) is 16.4 Å². The van der Waals surface area contributed by atoms with E-state index in [0.717, 1.165) is 65.6 Å². The quantitative estimate of drug-likeness (QED) is 0.423. The predicted molar refractivity (Wildman–Crippen MR) is 151 cm³/mol. The Hall–Kier alpha value is -3.32. The molecular weight excluding hydrogens is 518 g/mol. The Morgan fingerprint density at radius 1 is 1.21 bits per heavy atom. The van der Waals surface area contributed by atoms with Crippen LogP contribution in [0.1, 0.15) is 47.0 Å². The number of pyridine rings is 1. The summed E-state index contributed by atoms with van der Waals surface area (Å²) in [4.78, 5) is 28.4. The number of rotatable bonds is 3. The molecule has 2 aliphatic rings. The van der Waals surface area contributed by atoms with Crippen LogP contribution in [0.2, 0.25) is 5.02 Å². The minimum absolute atomic E-state index is 0.00962. The van der Waals surface area contributed by atoms with Gasteiger partial charge in [0.2, 0.25) is 0 Å². The van der Waals surface area contributed by atoms with Crippen LogP contribution >= 0.6 is 23.4 Å². The highest BCUT2D eigenvalue weighted by molar-refractivity contribution is 7.99. The summed E-state index contributed by atoms with van der Waals surface area (Å²) in [6.45, 7) is 5.48. The molecule has 0 saturated carbocycles. The maximum Gasteiger partial charge on any atom is 0.295 e. The highest BCUT2D eigenvalue weighted by Gasteiger charge is 2.46. The summed E-state index contributed by atoms with van der Waals surface area (Å²) < 4.78 is 0. The number of nitrogens with two attached hydrogens (primary N) is 2. The Balaban J connectivity index is 1.30. The number of benzene rings is 1. The summed E-state index contributed by atoms with van der Waals surface area (Å²) in [7, 11) is 1.57. The number of amides is 1. The lowest BCUT2D eigenvalue weighted by atomic mass is 9.73. The molecule has 1 aliphatic heterocycles. The smallest absolute Gasteiger partial charge is 0.295 e. The van der Waals surface area contributed by atoms with E-state index in [4.69, 9.17) is 33.0 Å². The zero-order valence-corrected chi connectivity index (χ0v) is 23.2. The molecule has 1 amide bonds. The molecule has 0 bridgehead atoms. The summed E-state index contributed by atoms with van der Waals surface area (Å²) in [5.41, 5.74) is 18.0. The van der Waals surface area contributed by atoms with E-state index in [1.807, 2.05) is 32.0 Å². The molecule has 10 heteroatoms. The van der Waals surface area contributed by atoms with Crippen LogP contribution in [0, 0.1) is 31.1 Å². The van der Waals surface area contributed by atoms with Crippen molar-refractivity contribution in [2.45, 2.75) is 49.1 Å². The van der Waals surface area contributed by atoms with Crippen LogP contribution in [-0.2, 0) is 11.2 Å². The third-order valence-corrected chi connectivity index (χ3v) is 9.21. The Kier molecular flexibility index (Phi) is 7.23. The van der Waals surface area contributed by atoms with Crippen molar-refractivity contribution in [3.63, 3.8) is 0 Å². The van der Waals surface area contributed by atoms with Gasteiger partial charge in [0.25, 0.3) is 5.91 Å². The number of aromatic nitrogens is 3. The van der Waals surface area contributed by atoms with Crippen molar-refractivity contribution in [2.24, 2.45) is 11.1 Å². The first-order chi connectivity index (χ1) is 18.2. The maximum absolute atomic E-state index is 11.5. The van der Waals surface area contributed by atoms with Gasteiger partial charge in [-0.05, 0) is 67.9 Å². The van der Waals surface area contributed by atoms with Crippen LogP contribution in [-0.4, -0.2) is 41.0 Å². The fourth-order valence-electron chi connectivity index (χ4n) is 5.37. The number of aryl methyl sites for hydroxylation is 2. The first kappa shape index (κ1) is 26.3. The Morgan fingerprint density at radius 2 is 1.97 bits per heavy atom. The van der Waals surface area contributed by atoms with Crippen molar-refractivity contribution in [2.75, 3.05) is 30.8 Å². The van der Waals surface area contributed by atoms with Gasteiger partial charge in [0.15, 0.2) is 11.6 Å². The van der Waals surface area contributed by atoms with Crippen LogP contribution in [0.25, 0.3) is 0 Å². The summed E-state index contributed by atoms with van der Waals surface area (Å²) >= 11 is 7.83. The molecule has 1 spiro atoms. The van der Waals surface area contributed by atoms with E-state index in [2.05, 4.69) is 33.1 Å². The highest BCUT2D eigenvalue weighted by atomic mass is 35.5. The van der Waals surface area contributed by atoms with E-state index in [1.54, 1.807) is 13.2 Å². The SMILES string of the molecule is CNC(=O)C#Cc1ccc2c(c1)[C@@H](N)C1(CCN(c3nc(N)c(Sc4ccnc(C)c4Cl)nc3C)CC1)C2. The minimum atomic E-state index is -0.305. The van der Waals surface area contributed by atoms with E-state index >= 15 is 0 Å². The highest BCUT2D eigenvalue weighted by Crippen LogP contribution is 2.51. The second kappa shape index (κ2) is 10.4. The van der Waals surface area contributed by atoms with Crippen LogP contribution in [0.5, 0.6) is 0 Å². The van der Waals surface area contributed by atoms with Gasteiger partial charge in [-0.15, -0.1) is 0 Å². The normalized spacial score (nSPS) is 17.6. The molecule has 1 aromatic carbocycles. The standard InChI is InChI=1S/C28H30ClN7OS/c1-16-23(29)21(8-11-33-16)38-27-25(31)35-26(17(2)34-27)36-12-9-28(10-13-36)15-19-6-4-18(5-7-22(37)32-3)14-20(19)24(28)30/h4,6,8,11,14,24H,9-10,12-13,15,30H2,1-3H3,(H2,31,35)(H,32,37)/t24-/m1/s1. The number of fused-ring (bicyclic) bond motifs is 1. The lowest BCUT2D eigenvalue weighted by Gasteiger charge is -2.42. The third kappa shape index (κ3) is 4.92. The molecule has 3 aromatic rings. The van der Waals surface area contributed by atoms with E-state index in [-0.39, 0.29) is 17.4 Å². The van der Waals surface area contributed by atoms with Crippen molar-refractivity contribution in [1.82, 2.24) is 20.3 Å². The lowest BCUT2D eigenvalue weighted by Crippen LogP contribution is -2.45. The molecule has 1 atom stereocenters. The first-order valence-electron chi connectivity index (χ1n) is 12.5. The molecule has 1 saturated heterocycles. The van der Waals surface area contributed by atoms with Crippen molar-refractivity contribution in [3.05, 3.63) is 63.6 Å². The average Bonchev–Trinajstić information content (AvgIpc) is 3.18. The van der Waals surface area contributed by atoms with E-state index in [9.17, 15) is 4.79 Å². The van der Waals surface area contributed by atoms with Gasteiger partial charge >= 0.3 is 0 Å². The summed E-state index contributed by atoms with van der Waals surface area (Å²) in [6.07, 6.45) is 4.54. The van der Waals surface area contributed by atoms with Gasteiger partial charge in [0.1, 0.15) is 5.03 Å². The fourth-order valence-corrected chi connectivity index (χ4v) is 6.51. The van der Waals surface area contributed by atoms with E-state index < -0.39 is 0 Å². The van der Waals surface area contributed by atoms with Gasteiger partial charge in [0, 0.05) is 48.8 Å². The maximum atomic E-state index is 11.5. The number of anilines is 2. The van der Waals surface area contributed by atoms with Crippen LogP contribution in [0.3, 0.4) is 0 Å². The monoisotopic (exact) mass is 547 g/mol. The number of carbonyl (C=O) groups excluding carboxylic acids is 1. The molecule has 0 unspecified atom stereocenters. The second-order valence-electron chi connectivity index (χ2n) is 9.88. The molecule has 8 nitrogen and oxygen atoms in total. The van der Waals surface area contributed by atoms with Crippen LogP contribution < -0.4 is 21.7 Å². The number of piperidine rings is 1. The molecule has 5 N–H and O–H groups in total. The summed E-state index contributed by atoms with van der Waals surface area (Å²) in [5, 5.41) is 3.75. The fraction of sp³-hybridized carbons (Fsp3) is 0.357. The van der Waals surface area contributed by atoms with Gasteiger partial charge < -0.3 is 21.7 Å². The van der Waals surface area contributed by atoms with Gasteiger partial charge in [-0.25, -0.2) is 9.97 Å². The Bertz CT molecular complexity index is 1470. The number of nitrogens with one attached hydrogen (secondary N) is 1. The molecular formula is C28H30ClN7OS. The number of halogens is 1. The number of nitrogen functional groups attached to an aromatic ring is 1. The van der Waals surface area contributed by atoms with Gasteiger partial charge in [-0.2, -0.15) is 0 Å². The topological polar surface area (TPSA) is 123 Å². The molecule has 38 heavy (non-hydrogen) atoms. The molecule has 1 aliphatic carbocycles. The van der Waals surface area contributed by atoms with Crippen LogP contribution in [0.4, 0.5) is 11.6 Å². The van der Waals surface area contributed by atoms with E-state index in [0.29, 0.717) is 15.9 Å². The lowest BCUT2D eigenvalue weighted by molar-refractivity contribution is -0.115. The van der Waals surface area contributed by atoms with Gasteiger partial charge in [-0.1, -0.05) is 35.3 Å². The number of nitrogens with zero attached hydrogens (tertiary/aromatic N) is 4. The Morgan fingerprint density at radius 3 is 2.71 bits per heavy atom. The molecule has 3 heterocycles. The Labute approximate surface area is 232 Å². The predicted octanol–water partition coefficient (Wildman–Crippen LogP) is 3.82. The average molecular weight is 548 g/mol. The van der Waals surface area contributed by atoms with Gasteiger partial charge in [-0.3, -0.25) is 9.78 Å². The minimum Gasteiger partial charge on any atom is -0.381 e. The zero-order chi connectivity index (χ0) is 27.0. The zero-order valence-electron chi connectivity index (χ0n) is 21.6. The molecule has 5 rings (SSSR count). The number of carbonyl (C=O) groups is 1. The molecule has 196 valence electrons. The second-order valence-corrected chi connectivity index (χ2v) is 11.3. The molecule has 0 radical (unpaired) electrons. The number of hydrogen-bond acceptors (Lipinski definition) is 8. The first-order valence-corrected chi connectivity index (χ1v) is 13.7. The largest absolute Gasteiger partial charge is 0.381 e. The molecule has 1 fully saturated rings. The van der Waals surface area contributed by atoms with E-state index in [1.165, 1.54) is 17.3 Å².